The van der Waals surface area contributed by atoms with E-state index in [-0.39, 0.29) is 11.8 Å². The standard InChI is InChI=1S/C19H23N3O3S/c1-25-12-4-9-21-18(24)16-14-5-2-3-6-15(14)26-19(16)22-17(23)13-7-10-20-11-8-13/h7-8,10-11H,2-6,9,12H2,1H3,(H,21,24)(H,22,23). The lowest BCUT2D eigenvalue weighted by atomic mass is 9.95. The van der Waals surface area contributed by atoms with E-state index in [0.717, 1.165) is 37.7 Å². The molecule has 3 rings (SSSR count). The van der Waals surface area contributed by atoms with E-state index in [1.54, 1.807) is 31.6 Å². The second-order valence-corrected chi connectivity index (χ2v) is 7.31. The normalized spacial score (nSPS) is 13.1. The van der Waals surface area contributed by atoms with E-state index >= 15 is 0 Å². The third-order valence-electron chi connectivity index (χ3n) is 4.38. The highest BCUT2D eigenvalue weighted by Crippen LogP contribution is 2.38. The van der Waals surface area contributed by atoms with Crippen LogP contribution >= 0.6 is 11.3 Å². The highest BCUT2D eigenvalue weighted by Gasteiger charge is 2.26. The average Bonchev–Trinajstić information content (AvgIpc) is 3.03. The Bertz CT molecular complexity index is 774. The number of thiophene rings is 1. The minimum Gasteiger partial charge on any atom is -0.385 e. The van der Waals surface area contributed by atoms with Gasteiger partial charge in [0, 0.05) is 43.1 Å². The van der Waals surface area contributed by atoms with Crippen LogP contribution < -0.4 is 10.6 Å². The van der Waals surface area contributed by atoms with Gasteiger partial charge in [0.2, 0.25) is 0 Å². The molecule has 26 heavy (non-hydrogen) atoms. The Morgan fingerprint density at radius 3 is 2.73 bits per heavy atom. The highest BCUT2D eigenvalue weighted by atomic mass is 32.1. The summed E-state index contributed by atoms with van der Waals surface area (Å²) in [5.41, 5.74) is 2.25. The molecule has 2 N–H and O–H groups in total. The van der Waals surface area contributed by atoms with Crippen LogP contribution in [-0.4, -0.2) is 37.1 Å². The smallest absolute Gasteiger partial charge is 0.256 e. The minimum atomic E-state index is -0.223. The van der Waals surface area contributed by atoms with Gasteiger partial charge >= 0.3 is 0 Å². The largest absolute Gasteiger partial charge is 0.385 e. The molecule has 0 unspecified atom stereocenters. The number of amides is 2. The van der Waals surface area contributed by atoms with Crippen molar-refractivity contribution in [2.75, 3.05) is 25.6 Å². The molecule has 0 atom stereocenters. The molecule has 2 aromatic heterocycles. The first-order valence-corrected chi connectivity index (χ1v) is 9.65. The van der Waals surface area contributed by atoms with Gasteiger partial charge in [-0.05, 0) is 49.8 Å². The van der Waals surface area contributed by atoms with Crippen molar-refractivity contribution in [3.63, 3.8) is 0 Å². The van der Waals surface area contributed by atoms with Crippen molar-refractivity contribution in [1.82, 2.24) is 10.3 Å². The van der Waals surface area contributed by atoms with E-state index < -0.39 is 0 Å². The monoisotopic (exact) mass is 373 g/mol. The molecule has 1 aliphatic rings. The summed E-state index contributed by atoms with van der Waals surface area (Å²) in [6, 6.07) is 3.32. The molecule has 1 aliphatic carbocycles. The van der Waals surface area contributed by atoms with E-state index in [0.29, 0.717) is 29.3 Å². The fourth-order valence-electron chi connectivity index (χ4n) is 3.08. The lowest BCUT2D eigenvalue weighted by Gasteiger charge is -2.13. The lowest BCUT2D eigenvalue weighted by Crippen LogP contribution is -2.27. The fraction of sp³-hybridized carbons (Fsp3) is 0.421. The number of fused-ring (bicyclic) bond motifs is 1. The van der Waals surface area contributed by atoms with Crippen LogP contribution in [0.3, 0.4) is 0 Å². The molecular weight excluding hydrogens is 350 g/mol. The number of carbonyl (C=O) groups excluding carboxylic acids is 2. The topological polar surface area (TPSA) is 80.3 Å². The highest BCUT2D eigenvalue weighted by molar-refractivity contribution is 7.17. The van der Waals surface area contributed by atoms with Gasteiger partial charge in [0.15, 0.2) is 0 Å². The zero-order valence-corrected chi connectivity index (χ0v) is 15.7. The van der Waals surface area contributed by atoms with Gasteiger partial charge in [-0.25, -0.2) is 0 Å². The van der Waals surface area contributed by atoms with Crippen LogP contribution in [0.25, 0.3) is 0 Å². The van der Waals surface area contributed by atoms with Crippen LogP contribution in [0.2, 0.25) is 0 Å². The lowest BCUT2D eigenvalue weighted by molar-refractivity contribution is 0.0948. The SMILES string of the molecule is COCCCNC(=O)c1c(NC(=O)c2ccncc2)sc2c1CCCC2. The number of pyridine rings is 1. The van der Waals surface area contributed by atoms with Gasteiger partial charge in [0.05, 0.1) is 5.56 Å². The van der Waals surface area contributed by atoms with Gasteiger partial charge in [-0.2, -0.15) is 0 Å². The summed E-state index contributed by atoms with van der Waals surface area (Å²) in [6.45, 7) is 1.16. The molecule has 0 saturated carbocycles. The Balaban J connectivity index is 1.81. The van der Waals surface area contributed by atoms with Crippen molar-refractivity contribution in [3.05, 3.63) is 46.1 Å². The van der Waals surface area contributed by atoms with Gasteiger partial charge in [0.1, 0.15) is 5.00 Å². The summed E-state index contributed by atoms with van der Waals surface area (Å²) in [5, 5.41) is 6.52. The predicted molar refractivity (Wildman–Crippen MR) is 102 cm³/mol. The number of ether oxygens (including phenoxy) is 1. The third-order valence-corrected chi connectivity index (χ3v) is 5.59. The van der Waals surface area contributed by atoms with Crippen LogP contribution in [0.1, 0.15) is 50.4 Å². The number of rotatable bonds is 7. The van der Waals surface area contributed by atoms with Crippen LogP contribution in [0.15, 0.2) is 24.5 Å². The molecule has 0 aromatic carbocycles. The van der Waals surface area contributed by atoms with Crippen molar-refractivity contribution in [1.29, 1.82) is 0 Å². The zero-order chi connectivity index (χ0) is 18.4. The minimum absolute atomic E-state index is 0.120. The molecule has 0 fully saturated rings. The summed E-state index contributed by atoms with van der Waals surface area (Å²) >= 11 is 1.52. The maximum atomic E-state index is 12.8. The van der Waals surface area contributed by atoms with Gasteiger partial charge in [0.25, 0.3) is 11.8 Å². The maximum Gasteiger partial charge on any atom is 0.256 e. The Hall–Kier alpha value is -2.25. The number of carbonyl (C=O) groups is 2. The quantitative estimate of drug-likeness (QED) is 0.731. The second-order valence-electron chi connectivity index (χ2n) is 6.21. The fourth-order valence-corrected chi connectivity index (χ4v) is 4.36. The number of nitrogens with zero attached hydrogens (tertiary/aromatic N) is 1. The number of anilines is 1. The summed E-state index contributed by atoms with van der Waals surface area (Å²) in [4.78, 5) is 30.4. The number of aromatic nitrogens is 1. The molecule has 138 valence electrons. The Morgan fingerprint density at radius 1 is 1.19 bits per heavy atom. The number of nitrogens with one attached hydrogen (secondary N) is 2. The molecule has 0 saturated heterocycles. The van der Waals surface area contributed by atoms with Crippen molar-refractivity contribution in [2.24, 2.45) is 0 Å². The number of hydrogen-bond donors (Lipinski definition) is 2. The summed E-state index contributed by atoms with van der Waals surface area (Å²) in [7, 11) is 1.64. The summed E-state index contributed by atoms with van der Waals surface area (Å²) in [5.74, 6) is -0.343. The predicted octanol–water partition coefficient (Wildman–Crippen LogP) is 3.04. The first-order valence-electron chi connectivity index (χ1n) is 8.83. The molecule has 0 radical (unpaired) electrons. The molecule has 2 aromatic rings. The van der Waals surface area contributed by atoms with Gasteiger partial charge < -0.3 is 15.4 Å². The molecular formula is C19H23N3O3S. The average molecular weight is 373 g/mol. The summed E-state index contributed by atoms with van der Waals surface area (Å²) in [6.07, 6.45) is 7.97. The Labute approximate surface area is 157 Å². The number of hydrogen-bond acceptors (Lipinski definition) is 5. The molecule has 0 aliphatic heterocycles. The van der Waals surface area contributed by atoms with Crippen molar-refractivity contribution < 1.29 is 14.3 Å². The zero-order valence-electron chi connectivity index (χ0n) is 14.8. The van der Waals surface area contributed by atoms with Gasteiger partial charge in [-0.15, -0.1) is 11.3 Å². The van der Waals surface area contributed by atoms with E-state index in [1.165, 1.54) is 16.2 Å². The molecule has 0 bridgehead atoms. The van der Waals surface area contributed by atoms with Crippen molar-refractivity contribution >= 4 is 28.2 Å². The van der Waals surface area contributed by atoms with E-state index in [4.69, 9.17) is 4.74 Å². The van der Waals surface area contributed by atoms with Crippen molar-refractivity contribution in [2.45, 2.75) is 32.1 Å². The maximum absolute atomic E-state index is 12.8. The van der Waals surface area contributed by atoms with Crippen LogP contribution in [0.4, 0.5) is 5.00 Å². The van der Waals surface area contributed by atoms with Gasteiger partial charge in [-0.3, -0.25) is 14.6 Å². The van der Waals surface area contributed by atoms with Gasteiger partial charge in [-0.1, -0.05) is 0 Å². The Kier molecular flexibility index (Phi) is 6.35. The van der Waals surface area contributed by atoms with Crippen LogP contribution in [-0.2, 0) is 17.6 Å². The molecule has 2 amide bonds. The molecule has 6 nitrogen and oxygen atoms in total. The number of aryl methyl sites for hydroxylation is 1. The van der Waals surface area contributed by atoms with Crippen molar-refractivity contribution in [3.8, 4) is 0 Å². The first kappa shape index (κ1) is 18.5. The molecule has 7 heteroatoms. The first-order chi connectivity index (χ1) is 12.7. The number of methoxy groups -OCH3 is 1. The second kappa shape index (κ2) is 8.91. The van der Waals surface area contributed by atoms with E-state index in [2.05, 4.69) is 15.6 Å². The third kappa shape index (κ3) is 4.28. The van der Waals surface area contributed by atoms with Crippen LogP contribution in [0, 0.1) is 0 Å². The molecule has 0 spiro atoms. The Morgan fingerprint density at radius 2 is 1.96 bits per heavy atom. The van der Waals surface area contributed by atoms with E-state index in [9.17, 15) is 9.59 Å². The molecule has 2 heterocycles. The summed E-state index contributed by atoms with van der Waals surface area (Å²) < 4.78 is 5.02. The van der Waals surface area contributed by atoms with Crippen LogP contribution in [0.5, 0.6) is 0 Å². The van der Waals surface area contributed by atoms with E-state index in [1.807, 2.05) is 0 Å².